The molecule has 0 aliphatic carbocycles. The number of anilines is 1. The minimum atomic E-state index is -5.09. The van der Waals surface area contributed by atoms with E-state index < -0.39 is 71.4 Å². The first kappa shape index (κ1) is 35.2. The van der Waals surface area contributed by atoms with E-state index >= 15 is 0 Å². The number of hydrogen-bond donors (Lipinski definition) is 5. The van der Waals surface area contributed by atoms with E-state index in [1.54, 1.807) is 26.1 Å². The molecule has 47 heavy (non-hydrogen) atoms. The standard InChI is InChI=1S/C29H33F3N6O9/c1-28(2,3)23(16-9-19(45-4)14(8-17(16)38(43)44)6-5-7-34-26(42)29(30,31)32)46-13-15-11-37(21-10-18(40)20(12-39)47-21)24-22(15)25(41)36-27(33)35-24/h8-9,11,18,20-21,23,39-40H,7,10,12-13H2,1-4H3,(H,34,42)(H3,33,35,36,41)/t18-,20+,21+,23+/m0/s1. The second-order valence-electron chi connectivity index (χ2n) is 11.7. The number of halogens is 3. The second-order valence-corrected chi connectivity index (χ2v) is 11.7. The van der Waals surface area contributed by atoms with E-state index in [0.29, 0.717) is 5.56 Å². The molecule has 1 fully saturated rings. The second kappa shape index (κ2) is 13.6. The molecule has 1 aromatic carbocycles. The van der Waals surface area contributed by atoms with Crippen LogP contribution in [0.1, 0.15) is 56.2 Å². The molecule has 0 unspecified atom stereocenters. The van der Waals surface area contributed by atoms with Crippen molar-refractivity contribution in [2.75, 3.05) is 26.0 Å². The van der Waals surface area contributed by atoms with Crippen molar-refractivity contribution in [2.24, 2.45) is 5.41 Å². The lowest BCUT2D eigenvalue weighted by Crippen LogP contribution is -2.36. The number of nitrogens with zero attached hydrogens (tertiary/aromatic N) is 3. The normalized spacial score (nSPS) is 18.9. The number of carbonyl (C=O) groups is 1. The fourth-order valence-corrected chi connectivity index (χ4v) is 5.19. The highest BCUT2D eigenvalue weighted by Gasteiger charge is 2.39. The number of carbonyl (C=O) groups excluding carboxylic acids is 1. The number of nitrogen functional groups attached to an aromatic ring is 1. The number of methoxy groups -OCH3 is 1. The zero-order valence-corrected chi connectivity index (χ0v) is 25.7. The highest BCUT2D eigenvalue weighted by atomic mass is 19.4. The monoisotopic (exact) mass is 666 g/mol. The summed E-state index contributed by atoms with van der Waals surface area (Å²) in [5, 5.41) is 33.8. The van der Waals surface area contributed by atoms with Crippen LogP contribution in [0, 0.1) is 27.4 Å². The molecule has 1 aliphatic heterocycles. The molecule has 4 rings (SSSR count). The van der Waals surface area contributed by atoms with E-state index in [4.69, 9.17) is 19.9 Å². The highest BCUT2D eigenvalue weighted by Crippen LogP contribution is 2.43. The fraction of sp³-hybridized carbons (Fsp3) is 0.483. The van der Waals surface area contributed by atoms with E-state index in [-0.39, 0.29) is 46.9 Å². The van der Waals surface area contributed by atoms with Crippen LogP contribution < -0.4 is 21.3 Å². The van der Waals surface area contributed by atoms with E-state index in [2.05, 4.69) is 21.8 Å². The van der Waals surface area contributed by atoms with Crippen LogP contribution in [0.5, 0.6) is 5.75 Å². The zero-order chi connectivity index (χ0) is 34.8. The number of nitrogens with one attached hydrogen (secondary N) is 2. The molecule has 1 aliphatic rings. The predicted octanol–water partition coefficient (Wildman–Crippen LogP) is 2.20. The quantitative estimate of drug-likeness (QED) is 0.127. The molecule has 0 bridgehead atoms. The van der Waals surface area contributed by atoms with Crippen molar-refractivity contribution in [3.63, 3.8) is 0 Å². The van der Waals surface area contributed by atoms with E-state index in [1.165, 1.54) is 23.9 Å². The van der Waals surface area contributed by atoms with E-state index in [1.807, 2.05) is 0 Å². The molecule has 6 N–H and O–H groups in total. The van der Waals surface area contributed by atoms with Crippen LogP contribution in [0.15, 0.2) is 23.1 Å². The van der Waals surface area contributed by atoms with Gasteiger partial charge < -0.3 is 40.0 Å². The number of aromatic amines is 1. The third kappa shape index (κ3) is 7.65. The maximum Gasteiger partial charge on any atom is 0.471 e. The lowest BCUT2D eigenvalue weighted by molar-refractivity contribution is -0.386. The van der Waals surface area contributed by atoms with Crippen molar-refractivity contribution in [3.05, 3.63) is 55.5 Å². The van der Waals surface area contributed by atoms with Crippen molar-refractivity contribution in [1.82, 2.24) is 19.9 Å². The summed E-state index contributed by atoms with van der Waals surface area (Å²) in [7, 11) is 1.28. The Bertz CT molecular complexity index is 1790. The van der Waals surface area contributed by atoms with E-state index in [9.17, 15) is 43.1 Å². The number of fused-ring (bicyclic) bond motifs is 1. The largest absolute Gasteiger partial charge is 0.495 e. The maximum atomic E-state index is 13.0. The summed E-state index contributed by atoms with van der Waals surface area (Å²) in [5.74, 6) is 2.52. The lowest BCUT2D eigenvalue weighted by atomic mass is 9.83. The third-order valence-corrected chi connectivity index (χ3v) is 7.31. The smallest absolute Gasteiger partial charge is 0.471 e. The predicted molar refractivity (Wildman–Crippen MR) is 159 cm³/mol. The van der Waals surface area contributed by atoms with Gasteiger partial charge in [-0.25, -0.2) is 0 Å². The van der Waals surface area contributed by atoms with Crippen LogP contribution in [-0.2, 0) is 20.9 Å². The molecule has 3 heterocycles. The summed E-state index contributed by atoms with van der Waals surface area (Å²) in [5.41, 5.74) is 4.53. The number of ether oxygens (including phenoxy) is 3. The van der Waals surface area contributed by atoms with Crippen LogP contribution >= 0.6 is 0 Å². The number of aromatic nitrogens is 3. The molecule has 0 radical (unpaired) electrons. The average Bonchev–Trinajstić information content (AvgIpc) is 3.53. The summed E-state index contributed by atoms with van der Waals surface area (Å²) < 4.78 is 56.3. The van der Waals surface area contributed by atoms with Gasteiger partial charge in [-0.15, -0.1) is 0 Å². The Hall–Kier alpha value is -4.70. The van der Waals surface area contributed by atoms with Crippen LogP contribution in [0.2, 0.25) is 0 Å². The first-order valence-corrected chi connectivity index (χ1v) is 14.1. The molecule has 1 saturated heterocycles. The number of hydrogen-bond acceptors (Lipinski definition) is 11. The topological polar surface area (TPSA) is 217 Å². The Labute approximate surface area is 265 Å². The van der Waals surface area contributed by atoms with Crippen molar-refractivity contribution in [3.8, 4) is 17.6 Å². The van der Waals surface area contributed by atoms with Gasteiger partial charge in [0.15, 0.2) is 5.65 Å². The van der Waals surface area contributed by atoms with Gasteiger partial charge in [-0.3, -0.25) is 24.7 Å². The number of rotatable bonds is 9. The molecular weight excluding hydrogens is 633 g/mol. The van der Waals surface area contributed by atoms with Crippen LogP contribution in [0.3, 0.4) is 0 Å². The molecule has 254 valence electrons. The third-order valence-electron chi connectivity index (χ3n) is 7.31. The number of amides is 1. The average molecular weight is 667 g/mol. The number of nitro groups is 1. The number of aliphatic hydroxyl groups is 2. The van der Waals surface area contributed by atoms with Gasteiger partial charge in [0, 0.05) is 24.2 Å². The summed E-state index contributed by atoms with van der Waals surface area (Å²) in [4.78, 5) is 42.3. The van der Waals surface area contributed by atoms with Crippen LogP contribution in [0.4, 0.5) is 24.8 Å². The van der Waals surface area contributed by atoms with Gasteiger partial charge in [-0.1, -0.05) is 32.6 Å². The molecule has 1 amide bonds. The Morgan fingerprint density at radius 1 is 1.36 bits per heavy atom. The van der Waals surface area contributed by atoms with Gasteiger partial charge >= 0.3 is 12.1 Å². The minimum Gasteiger partial charge on any atom is -0.495 e. The van der Waals surface area contributed by atoms with Gasteiger partial charge in [0.25, 0.3) is 11.2 Å². The summed E-state index contributed by atoms with van der Waals surface area (Å²) in [6.07, 6.45) is -7.10. The fourth-order valence-electron chi connectivity index (χ4n) is 5.19. The number of aliphatic hydroxyl groups excluding tert-OH is 2. The molecule has 2 aromatic heterocycles. The lowest BCUT2D eigenvalue weighted by Gasteiger charge is -2.31. The highest BCUT2D eigenvalue weighted by molar-refractivity contribution is 5.82. The Morgan fingerprint density at radius 2 is 2.06 bits per heavy atom. The van der Waals surface area contributed by atoms with Crippen molar-refractivity contribution >= 4 is 28.6 Å². The van der Waals surface area contributed by atoms with Crippen molar-refractivity contribution in [1.29, 1.82) is 0 Å². The Balaban J connectivity index is 1.71. The first-order chi connectivity index (χ1) is 22.0. The SMILES string of the molecule is COc1cc([C@@H](OCc2cn([C@H]3C[C@H](O)[C@@H](CO)O3)c3nc(N)[nH]c(=O)c23)C(C)(C)C)c([N+](=O)[O-])cc1C#CCNC(=O)C(F)(F)F. The zero-order valence-electron chi connectivity index (χ0n) is 25.7. The maximum absolute atomic E-state index is 13.0. The number of benzene rings is 1. The van der Waals surface area contributed by atoms with Gasteiger partial charge in [0.05, 0.1) is 60.5 Å². The first-order valence-electron chi connectivity index (χ1n) is 14.1. The van der Waals surface area contributed by atoms with Gasteiger partial charge in [-0.05, 0) is 11.5 Å². The number of nitrogens with two attached hydrogens (primary N) is 1. The van der Waals surface area contributed by atoms with E-state index in [0.717, 1.165) is 6.07 Å². The van der Waals surface area contributed by atoms with Gasteiger partial charge in [0.1, 0.15) is 18.1 Å². The van der Waals surface area contributed by atoms with Crippen LogP contribution in [-0.4, -0.2) is 74.2 Å². The molecule has 15 nitrogen and oxygen atoms in total. The number of nitro benzene ring substituents is 1. The van der Waals surface area contributed by atoms with Crippen molar-refractivity contribution in [2.45, 2.75) is 64.5 Å². The Kier molecular flexibility index (Phi) is 10.2. The number of H-pyrrole nitrogens is 1. The molecule has 4 atom stereocenters. The van der Waals surface area contributed by atoms with Crippen LogP contribution in [0.25, 0.3) is 11.0 Å². The summed E-state index contributed by atoms with van der Waals surface area (Å²) in [6.45, 7) is 3.95. The molecule has 0 spiro atoms. The summed E-state index contributed by atoms with van der Waals surface area (Å²) in [6, 6.07) is 2.44. The van der Waals surface area contributed by atoms with Gasteiger partial charge in [0.2, 0.25) is 5.95 Å². The Morgan fingerprint density at radius 3 is 2.64 bits per heavy atom. The summed E-state index contributed by atoms with van der Waals surface area (Å²) >= 11 is 0. The molecule has 3 aromatic rings. The van der Waals surface area contributed by atoms with Gasteiger partial charge in [-0.2, -0.15) is 18.2 Å². The number of alkyl halides is 3. The molecule has 18 heteroatoms. The molecular formula is C29H33F3N6O9. The minimum absolute atomic E-state index is 0.0185. The molecule has 0 saturated carbocycles. The van der Waals surface area contributed by atoms with Crippen molar-refractivity contribution < 1.29 is 47.3 Å².